The average molecular weight is 1790 g/mol. The van der Waals surface area contributed by atoms with Crippen LogP contribution in [0.5, 0.6) is 0 Å². The summed E-state index contributed by atoms with van der Waals surface area (Å²) < 4.78 is 5.71. The summed E-state index contributed by atoms with van der Waals surface area (Å²) in [4.78, 5) is 7.01. The Hall–Kier alpha value is -14.7. The predicted molar refractivity (Wildman–Crippen MR) is 543 cm³/mol. The van der Waals surface area contributed by atoms with E-state index in [0.29, 0.717) is 0 Å². The second-order valence-electron chi connectivity index (χ2n) is 31.2. The van der Waals surface area contributed by atoms with Crippen molar-refractivity contribution >= 4 is 164 Å². The van der Waals surface area contributed by atoms with Gasteiger partial charge in [0.2, 0.25) is 0 Å². The third kappa shape index (κ3) is 17.0. The van der Waals surface area contributed by atoms with Crippen LogP contribution in [-0.2, 0) is 0 Å². The quantitative estimate of drug-likeness (QED) is 0.0958. The van der Waals surface area contributed by atoms with Gasteiger partial charge in [-0.2, -0.15) is 0 Å². The SMILES string of the molecule is Brc1ccc(-c2ccc(-c3cccc(N(c4ccccc4)c4ccc5ccccc5c4)c3)cc2)cc1.Brc1ccc(-c2ccc(N(c3ccccc3)c3ccc4c(c3)c3ccc5ccccc5c3n4-c3ccc4ccccc4c3)cc2)cc1.Brc1ccc(-c2cccc(-c3ccc(N(c4ccc(-c5ccccc5)cc4)c4ccc5ccccc5c4)cc3)c2)cc1. The molecule has 0 radical (unpaired) electrons. The topological polar surface area (TPSA) is 14.7 Å². The first-order chi connectivity index (χ1) is 61.7. The van der Waals surface area contributed by atoms with Gasteiger partial charge in [-0.3, -0.25) is 0 Å². The van der Waals surface area contributed by atoms with E-state index in [4.69, 9.17) is 0 Å². The second-order valence-corrected chi connectivity index (χ2v) is 34.0. The number of rotatable bonds is 16. The number of anilines is 9. The molecule has 22 rings (SSSR count). The summed E-state index contributed by atoms with van der Waals surface area (Å²) in [5.41, 5.74) is 28.1. The number of hydrogen-bond acceptors (Lipinski definition) is 3. The Bertz CT molecular complexity index is 7570. The molecule has 594 valence electrons. The van der Waals surface area contributed by atoms with Crippen LogP contribution in [0.25, 0.3) is 137 Å². The number of benzene rings is 21. The van der Waals surface area contributed by atoms with Crippen molar-refractivity contribution in [2.75, 3.05) is 14.7 Å². The number of aromatic nitrogens is 1. The van der Waals surface area contributed by atoms with Crippen molar-refractivity contribution in [3.63, 3.8) is 0 Å². The molecule has 22 aromatic rings. The lowest BCUT2D eigenvalue weighted by Crippen LogP contribution is -2.09. The van der Waals surface area contributed by atoms with Gasteiger partial charge in [-0.1, -0.05) is 369 Å². The van der Waals surface area contributed by atoms with Crippen LogP contribution in [0, 0.1) is 0 Å². The number of hydrogen-bond donors (Lipinski definition) is 0. The van der Waals surface area contributed by atoms with E-state index in [1.807, 2.05) is 0 Å². The Kier molecular flexibility index (Phi) is 22.6. The van der Waals surface area contributed by atoms with Crippen LogP contribution in [0.4, 0.5) is 51.2 Å². The van der Waals surface area contributed by atoms with Crippen molar-refractivity contribution in [1.82, 2.24) is 4.57 Å². The number of halogens is 3. The molecular weight excluding hydrogens is 1710 g/mol. The van der Waals surface area contributed by atoms with Crippen LogP contribution < -0.4 is 14.7 Å². The molecule has 0 spiro atoms. The van der Waals surface area contributed by atoms with Gasteiger partial charge >= 0.3 is 0 Å². The highest BCUT2D eigenvalue weighted by atomic mass is 79.9. The lowest BCUT2D eigenvalue weighted by Gasteiger charge is -2.26. The summed E-state index contributed by atoms with van der Waals surface area (Å²) >= 11 is 10.6. The number of nitrogens with zero attached hydrogens (tertiary/aromatic N) is 4. The van der Waals surface area contributed by atoms with E-state index in [9.17, 15) is 0 Å². The monoisotopic (exact) mass is 1790 g/mol. The molecule has 0 atom stereocenters. The van der Waals surface area contributed by atoms with Crippen LogP contribution in [0.3, 0.4) is 0 Å². The first-order valence-electron chi connectivity index (χ1n) is 42.0. The van der Waals surface area contributed by atoms with E-state index in [-0.39, 0.29) is 0 Å². The predicted octanol–water partition coefficient (Wildman–Crippen LogP) is 35.5. The molecule has 7 heteroatoms. The minimum absolute atomic E-state index is 1.08. The smallest absolute Gasteiger partial charge is 0.0619 e. The molecule has 1 heterocycles. The molecule has 21 aromatic carbocycles. The first kappa shape index (κ1) is 78.8. The summed E-state index contributed by atoms with van der Waals surface area (Å²) in [6, 6.07) is 176. The van der Waals surface area contributed by atoms with Gasteiger partial charge in [-0.25, -0.2) is 0 Å². The Morgan fingerprint density at radius 3 is 0.888 bits per heavy atom. The molecule has 0 bridgehead atoms. The largest absolute Gasteiger partial charge is 0.310 e. The summed E-state index contributed by atoms with van der Waals surface area (Å²) in [7, 11) is 0. The fourth-order valence-electron chi connectivity index (χ4n) is 17.1. The van der Waals surface area contributed by atoms with Crippen molar-refractivity contribution in [3.8, 4) is 72.4 Å². The number of fused-ring (bicyclic) bond motifs is 8. The zero-order valence-electron chi connectivity index (χ0n) is 68.2. The molecule has 4 nitrogen and oxygen atoms in total. The molecule has 1 aromatic heterocycles. The molecule has 125 heavy (non-hydrogen) atoms. The third-order valence-electron chi connectivity index (χ3n) is 23.4. The van der Waals surface area contributed by atoms with Gasteiger partial charge in [0, 0.05) is 86.5 Å². The van der Waals surface area contributed by atoms with Crippen LogP contribution in [0.2, 0.25) is 0 Å². The highest BCUT2D eigenvalue weighted by Gasteiger charge is 2.22. The molecule has 0 aliphatic carbocycles. The zero-order valence-corrected chi connectivity index (χ0v) is 72.9. The normalized spacial score (nSPS) is 11.2. The van der Waals surface area contributed by atoms with Gasteiger partial charge in [-0.15, -0.1) is 0 Å². The molecule has 0 fully saturated rings. The fourth-order valence-corrected chi connectivity index (χ4v) is 17.9. The van der Waals surface area contributed by atoms with Crippen molar-refractivity contribution in [1.29, 1.82) is 0 Å². The maximum absolute atomic E-state index is 3.56. The molecule has 0 saturated heterocycles. The molecule has 0 aliphatic heterocycles. The Labute approximate surface area is 754 Å². The van der Waals surface area contributed by atoms with E-state index < -0.39 is 0 Å². The average Bonchev–Trinajstić information content (AvgIpc) is 1.57. The van der Waals surface area contributed by atoms with Gasteiger partial charge in [0.1, 0.15) is 0 Å². The minimum atomic E-state index is 1.08. The van der Waals surface area contributed by atoms with Gasteiger partial charge in [0.05, 0.1) is 11.0 Å². The van der Waals surface area contributed by atoms with E-state index in [1.54, 1.807) is 0 Å². The first-order valence-corrected chi connectivity index (χ1v) is 44.4. The van der Waals surface area contributed by atoms with Gasteiger partial charge in [0.25, 0.3) is 0 Å². The standard InChI is InChI=1S/C44H29BrN2.C40H28BrN.C34H24BrN/c45-35-20-14-31(15-21-35)32-16-22-37(23-17-32)46(36-11-2-1-3-12-36)39-25-27-43-42(29-39)41-26-19-33-9-6-7-13-40(33)44(41)47(43)38-24-18-30-8-4-5-10-34(30)28-38;41-37-20-13-32(14-21-37)34-11-6-12-35(27-34)33-17-24-39(25-18-33)42(40-26-19-30-9-4-5-10-36(30)28-40)38-22-15-31(16-23-38)29-7-2-1-3-8-29;35-31-20-17-27(18-21-31)26-13-15-28(16-14-26)30-9-6-12-33(23-30)36(32-10-2-1-3-11-32)34-22-19-25-7-4-5-8-29(25)24-34/h1-29H;1-28H;1-24H. The van der Waals surface area contributed by atoms with E-state index in [0.717, 1.165) is 70.3 Å². The minimum Gasteiger partial charge on any atom is -0.310 e. The third-order valence-corrected chi connectivity index (χ3v) is 25.0. The van der Waals surface area contributed by atoms with E-state index in [2.05, 4.69) is 558 Å². The lowest BCUT2D eigenvalue weighted by molar-refractivity contribution is 1.19. The summed E-state index contributed by atoms with van der Waals surface area (Å²) in [5, 5.41) is 12.4. The van der Waals surface area contributed by atoms with Crippen LogP contribution >= 0.6 is 47.8 Å². The maximum atomic E-state index is 3.56. The molecule has 0 unspecified atom stereocenters. The second kappa shape index (κ2) is 35.8. The van der Waals surface area contributed by atoms with Crippen LogP contribution in [0.1, 0.15) is 0 Å². The van der Waals surface area contributed by atoms with Crippen LogP contribution in [0.15, 0.2) is 505 Å². The lowest BCUT2D eigenvalue weighted by atomic mass is 9.99. The van der Waals surface area contributed by atoms with E-state index in [1.165, 1.54) is 132 Å². The molecule has 0 saturated carbocycles. The highest BCUT2D eigenvalue weighted by molar-refractivity contribution is 9.11. The van der Waals surface area contributed by atoms with Gasteiger partial charge in [-0.05, 0) is 274 Å². The zero-order chi connectivity index (χ0) is 83.9. The Balaban J connectivity index is 0.000000120. The van der Waals surface area contributed by atoms with Crippen molar-refractivity contribution in [3.05, 3.63) is 505 Å². The summed E-state index contributed by atoms with van der Waals surface area (Å²) in [5.74, 6) is 0. The Morgan fingerprint density at radius 1 is 0.152 bits per heavy atom. The highest BCUT2D eigenvalue weighted by Crippen LogP contribution is 2.46. The molecule has 0 amide bonds. The van der Waals surface area contributed by atoms with Gasteiger partial charge < -0.3 is 19.3 Å². The van der Waals surface area contributed by atoms with Gasteiger partial charge in [0.15, 0.2) is 0 Å². The van der Waals surface area contributed by atoms with Crippen LogP contribution in [-0.4, -0.2) is 4.57 Å². The summed E-state index contributed by atoms with van der Waals surface area (Å²) in [6.45, 7) is 0. The molecule has 0 N–H and O–H groups in total. The molecule has 0 aliphatic rings. The molecular formula is C118H81Br3N4. The number of para-hydroxylation sites is 2. The van der Waals surface area contributed by atoms with Crippen molar-refractivity contribution in [2.24, 2.45) is 0 Å². The Morgan fingerprint density at radius 2 is 0.432 bits per heavy atom. The van der Waals surface area contributed by atoms with Crippen molar-refractivity contribution < 1.29 is 0 Å². The maximum Gasteiger partial charge on any atom is 0.0619 e. The van der Waals surface area contributed by atoms with E-state index >= 15 is 0 Å². The summed E-state index contributed by atoms with van der Waals surface area (Å²) in [6.07, 6.45) is 0. The van der Waals surface area contributed by atoms with Crippen molar-refractivity contribution in [2.45, 2.75) is 0 Å². The fraction of sp³-hybridized carbons (Fsp3) is 0.